The largest absolute Gasteiger partial charge is 0.416 e. The number of rotatable bonds is 4. The number of para-hydroxylation sites is 1. The van der Waals surface area contributed by atoms with Crippen LogP contribution in [0.5, 0.6) is 0 Å². The summed E-state index contributed by atoms with van der Waals surface area (Å²) in [5, 5.41) is 21.7. The molecule has 124 valence electrons. The van der Waals surface area contributed by atoms with E-state index in [4.69, 9.17) is 0 Å². The topological polar surface area (TPSA) is 58.0 Å². The molecule has 24 heavy (non-hydrogen) atoms. The average molecular weight is 351 g/mol. The maximum Gasteiger partial charge on any atom is 0.416 e. The van der Waals surface area contributed by atoms with Crippen LogP contribution in [-0.2, 0) is 6.18 Å². The second kappa shape index (κ2) is 6.58. The zero-order chi connectivity index (χ0) is 17.2. The van der Waals surface area contributed by atoms with Crippen molar-refractivity contribution in [1.82, 2.24) is 10.2 Å². The minimum absolute atomic E-state index is 0.118. The molecule has 1 heterocycles. The Kier molecular flexibility index (Phi) is 4.50. The van der Waals surface area contributed by atoms with Gasteiger partial charge in [0.15, 0.2) is 5.01 Å². The average Bonchev–Trinajstić information content (AvgIpc) is 3.03. The molecule has 0 aliphatic rings. The van der Waals surface area contributed by atoms with Gasteiger partial charge in [-0.05, 0) is 29.8 Å². The van der Waals surface area contributed by atoms with E-state index in [9.17, 15) is 18.3 Å². The first-order chi connectivity index (χ1) is 11.4. The molecular weight excluding hydrogens is 339 g/mol. The highest BCUT2D eigenvalue weighted by Crippen LogP contribution is 2.33. The van der Waals surface area contributed by atoms with Crippen LogP contribution in [0.4, 0.5) is 24.0 Å². The zero-order valence-electron chi connectivity index (χ0n) is 12.2. The number of alkyl halides is 3. The molecule has 0 radical (unpaired) electrons. The number of anilines is 2. The number of halogens is 3. The number of nitrogens with one attached hydrogen (secondary N) is 1. The number of aliphatic hydroxyl groups is 1. The van der Waals surface area contributed by atoms with Gasteiger partial charge in [-0.2, -0.15) is 13.2 Å². The van der Waals surface area contributed by atoms with E-state index in [0.717, 1.165) is 29.2 Å². The van der Waals surface area contributed by atoms with E-state index in [1.807, 2.05) is 30.3 Å². The Hall–Kier alpha value is -2.45. The smallest absolute Gasteiger partial charge is 0.381 e. The van der Waals surface area contributed by atoms with Crippen LogP contribution in [0.25, 0.3) is 0 Å². The first-order valence-corrected chi connectivity index (χ1v) is 7.76. The molecule has 2 N–H and O–H groups in total. The predicted octanol–water partition coefficient (Wildman–Crippen LogP) is 4.38. The first kappa shape index (κ1) is 16.4. The summed E-state index contributed by atoms with van der Waals surface area (Å²) < 4.78 is 38.3. The van der Waals surface area contributed by atoms with E-state index in [2.05, 4.69) is 15.5 Å². The Morgan fingerprint density at radius 1 is 1.00 bits per heavy atom. The molecule has 0 bridgehead atoms. The van der Waals surface area contributed by atoms with Gasteiger partial charge < -0.3 is 10.4 Å². The second-order valence-electron chi connectivity index (χ2n) is 4.96. The lowest BCUT2D eigenvalue weighted by Gasteiger charge is -2.11. The van der Waals surface area contributed by atoms with Crippen LogP contribution in [0.15, 0.2) is 54.6 Å². The minimum Gasteiger partial charge on any atom is -0.381 e. The highest BCUT2D eigenvalue weighted by Gasteiger charge is 2.31. The third-order valence-electron chi connectivity index (χ3n) is 3.23. The summed E-state index contributed by atoms with van der Waals surface area (Å²) in [5.74, 6) is 0. The molecule has 1 unspecified atom stereocenters. The maximum absolute atomic E-state index is 12.8. The van der Waals surface area contributed by atoms with Crippen molar-refractivity contribution in [1.29, 1.82) is 0 Å². The monoisotopic (exact) mass is 351 g/mol. The lowest BCUT2D eigenvalue weighted by atomic mass is 10.1. The molecule has 1 atom stereocenters. The van der Waals surface area contributed by atoms with Crippen molar-refractivity contribution in [2.45, 2.75) is 12.3 Å². The number of benzene rings is 2. The Morgan fingerprint density at radius 2 is 1.75 bits per heavy atom. The van der Waals surface area contributed by atoms with Crippen molar-refractivity contribution in [3.05, 3.63) is 70.7 Å². The number of hydrogen-bond donors (Lipinski definition) is 2. The van der Waals surface area contributed by atoms with Gasteiger partial charge >= 0.3 is 6.18 Å². The van der Waals surface area contributed by atoms with Crippen molar-refractivity contribution in [2.24, 2.45) is 0 Å². The summed E-state index contributed by atoms with van der Waals surface area (Å²) in [7, 11) is 0. The van der Waals surface area contributed by atoms with Gasteiger partial charge in [0.25, 0.3) is 0 Å². The lowest BCUT2D eigenvalue weighted by molar-refractivity contribution is -0.137. The quantitative estimate of drug-likeness (QED) is 0.732. The fourth-order valence-electron chi connectivity index (χ4n) is 2.07. The summed E-state index contributed by atoms with van der Waals surface area (Å²) in [6, 6.07) is 13.8. The van der Waals surface area contributed by atoms with Crippen LogP contribution < -0.4 is 5.32 Å². The third kappa shape index (κ3) is 3.72. The van der Waals surface area contributed by atoms with Crippen LogP contribution >= 0.6 is 11.3 Å². The van der Waals surface area contributed by atoms with E-state index < -0.39 is 17.8 Å². The molecule has 0 fully saturated rings. The molecule has 1 aromatic heterocycles. The molecule has 2 aromatic carbocycles. The Morgan fingerprint density at radius 3 is 2.46 bits per heavy atom. The molecule has 8 heteroatoms. The fourth-order valence-corrected chi connectivity index (χ4v) is 2.85. The zero-order valence-corrected chi connectivity index (χ0v) is 13.0. The number of hydrogen-bond acceptors (Lipinski definition) is 5. The van der Waals surface area contributed by atoms with E-state index in [1.54, 1.807) is 0 Å². The first-order valence-electron chi connectivity index (χ1n) is 6.94. The Bertz CT molecular complexity index is 821. The molecule has 0 saturated carbocycles. The molecule has 0 spiro atoms. The van der Waals surface area contributed by atoms with Crippen LogP contribution in [0.2, 0.25) is 0 Å². The van der Waals surface area contributed by atoms with E-state index >= 15 is 0 Å². The van der Waals surface area contributed by atoms with Gasteiger partial charge in [0.1, 0.15) is 6.10 Å². The molecule has 3 aromatic rings. The van der Waals surface area contributed by atoms with E-state index in [1.165, 1.54) is 12.1 Å². The van der Waals surface area contributed by atoms with Gasteiger partial charge in [-0.25, -0.2) is 0 Å². The van der Waals surface area contributed by atoms with Gasteiger partial charge in [0, 0.05) is 5.69 Å². The van der Waals surface area contributed by atoms with Crippen molar-refractivity contribution >= 4 is 22.2 Å². The SMILES string of the molecule is OC(c1cccc(C(F)(F)F)c1)c1nnc(Nc2ccccc2)s1. The summed E-state index contributed by atoms with van der Waals surface area (Å²) in [6.45, 7) is 0. The number of aromatic nitrogens is 2. The standard InChI is InChI=1S/C16H12F3N3OS/c17-16(18,19)11-6-4-5-10(9-11)13(23)14-21-22-15(24-14)20-12-7-2-1-3-8-12/h1-9,13,23H,(H,20,22). The molecule has 0 aliphatic heterocycles. The molecule has 0 aliphatic carbocycles. The third-order valence-corrected chi connectivity index (χ3v) is 4.12. The van der Waals surface area contributed by atoms with Crippen LogP contribution in [0.1, 0.15) is 22.2 Å². The van der Waals surface area contributed by atoms with Crippen molar-refractivity contribution in [2.75, 3.05) is 5.32 Å². The summed E-state index contributed by atoms with van der Waals surface area (Å²) in [4.78, 5) is 0. The van der Waals surface area contributed by atoms with Crippen molar-refractivity contribution < 1.29 is 18.3 Å². The molecule has 3 rings (SSSR count). The van der Waals surface area contributed by atoms with Crippen LogP contribution in [-0.4, -0.2) is 15.3 Å². The van der Waals surface area contributed by atoms with Crippen molar-refractivity contribution in [3.8, 4) is 0 Å². The highest BCUT2D eigenvalue weighted by molar-refractivity contribution is 7.15. The minimum atomic E-state index is -4.46. The number of aliphatic hydroxyl groups excluding tert-OH is 1. The molecular formula is C16H12F3N3OS. The molecule has 0 amide bonds. The predicted molar refractivity (Wildman–Crippen MR) is 85.1 cm³/mol. The van der Waals surface area contributed by atoms with Crippen molar-refractivity contribution in [3.63, 3.8) is 0 Å². The summed E-state index contributed by atoms with van der Waals surface area (Å²) in [5.41, 5.74) is 0.104. The number of nitrogens with zero attached hydrogens (tertiary/aromatic N) is 2. The molecule has 4 nitrogen and oxygen atoms in total. The van der Waals surface area contributed by atoms with E-state index in [0.29, 0.717) is 5.13 Å². The summed E-state index contributed by atoms with van der Waals surface area (Å²) >= 11 is 1.08. The summed E-state index contributed by atoms with van der Waals surface area (Å²) in [6.07, 6.45) is -5.73. The van der Waals surface area contributed by atoms with Gasteiger partial charge in [-0.1, -0.05) is 41.7 Å². The highest BCUT2D eigenvalue weighted by atomic mass is 32.1. The Labute approximate surface area is 139 Å². The van der Waals surface area contributed by atoms with E-state index in [-0.39, 0.29) is 10.6 Å². The van der Waals surface area contributed by atoms with Gasteiger partial charge in [-0.3, -0.25) is 0 Å². The van der Waals surface area contributed by atoms with Gasteiger partial charge in [0.05, 0.1) is 5.56 Å². The normalized spacial score (nSPS) is 12.8. The van der Waals surface area contributed by atoms with Gasteiger partial charge in [-0.15, -0.1) is 10.2 Å². The fraction of sp³-hybridized carbons (Fsp3) is 0.125. The molecule has 0 saturated heterocycles. The van der Waals surface area contributed by atoms with Crippen LogP contribution in [0.3, 0.4) is 0 Å². The van der Waals surface area contributed by atoms with Gasteiger partial charge in [0.2, 0.25) is 5.13 Å². The maximum atomic E-state index is 12.8. The van der Waals surface area contributed by atoms with Crippen LogP contribution in [0, 0.1) is 0 Å². The Balaban J connectivity index is 1.80. The lowest BCUT2D eigenvalue weighted by Crippen LogP contribution is -2.07. The second-order valence-corrected chi connectivity index (χ2v) is 5.97.